The minimum absolute atomic E-state index is 0.139. The molecule has 0 aliphatic carbocycles. The van der Waals surface area contributed by atoms with Crippen LogP contribution in [0, 0.1) is 0 Å². The molecule has 0 saturated heterocycles. The highest BCUT2D eigenvalue weighted by atomic mass is 35.5. The van der Waals surface area contributed by atoms with Gasteiger partial charge in [-0.1, -0.05) is 11.6 Å². The predicted octanol–water partition coefficient (Wildman–Crippen LogP) is 1.39. The van der Waals surface area contributed by atoms with Crippen LogP contribution in [0.4, 0.5) is 0 Å². The highest BCUT2D eigenvalue weighted by molar-refractivity contribution is 7.80. The number of ether oxygens (including phenoxy) is 2. The summed E-state index contributed by atoms with van der Waals surface area (Å²) in [6.45, 7) is 0.139. The smallest absolute Gasteiger partial charge is 0.231 e. The summed E-state index contributed by atoms with van der Waals surface area (Å²) in [5.74, 6) is 1.21. The van der Waals surface area contributed by atoms with Crippen LogP contribution in [0.3, 0.4) is 0 Å². The van der Waals surface area contributed by atoms with E-state index in [-0.39, 0.29) is 12.5 Å². The van der Waals surface area contributed by atoms with Gasteiger partial charge in [-0.05, 0) is 6.07 Å². The summed E-state index contributed by atoms with van der Waals surface area (Å²) in [4.78, 5) is 0. The SMILES string of the molecule is OC(CS)C(O)c1cc2c(cc1Cl)OCO2. The van der Waals surface area contributed by atoms with Crippen molar-refractivity contribution in [3.63, 3.8) is 0 Å². The maximum Gasteiger partial charge on any atom is 0.231 e. The number of benzene rings is 1. The average Bonchev–Trinajstić information content (AvgIpc) is 2.72. The third-order valence-electron chi connectivity index (χ3n) is 2.36. The molecule has 0 radical (unpaired) electrons. The molecular formula is C10H11ClO4S. The first-order valence-corrected chi connectivity index (χ1v) is 5.70. The van der Waals surface area contributed by atoms with Crippen molar-refractivity contribution in [1.82, 2.24) is 0 Å². The lowest BCUT2D eigenvalue weighted by atomic mass is 10.0. The fourth-order valence-corrected chi connectivity index (χ4v) is 1.93. The lowest BCUT2D eigenvalue weighted by Crippen LogP contribution is -2.20. The largest absolute Gasteiger partial charge is 0.454 e. The maximum atomic E-state index is 9.82. The van der Waals surface area contributed by atoms with Crippen LogP contribution in [-0.2, 0) is 0 Å². The molecule has 0 bridgehead atoms. The molecule has 1 aliphatic heterocycles. The number of fused-ring (bicyclic) bond motifs is 1. The summed E-state index contributed by atoms with van der Waals surface area (Å²) in [5.41, 5.74) is 0.410. The van der Waals surface area contributed by atoms with E-state index in [4.69, 9.17) is 21.1 Å². The van der Waals surface area contributed by atoms with Gasteiger partial charge in [-0.15, -0.1) is 0 Å². The van der Waals surface area contributed by atoms with Gasteiger partial charge in [-0.2, -0.15) is 12.6 Å². The molecule has 2 unspecified atom stereocenters. The molecule has 6 heteroatoms. The lowest BCUT2D eigenvalue weighted by molar-refractivity contribution is 0.0337. The summed E-state index contributed by atoms with van der Waals surface area (Å²) in [5, 5.41) is 19.6. The molecule has 1 aromatic rings. The van der Waals surface area contributed by atoms with Crippen LogP contribution in [0.25, 0.3) is 0 Å². The number of halogens is 1. The van der Waals surface area contributed by atoms with Gasteiger partial charge in [0.25, 0.3) is 0 Å². The zero-order valence-corrected chi connectivity index (χ0v) is 9.91. The Balaban J connectivity index is 2.34. The second-order valence-electron chi connectivity index (χ2n) is 3.42. The third-order valence-corrected chi connectivity index (χ3v) is 3.06. The highest BCUT2D eigenvalue weighted by Gasteiger charge is 2.24. The van der Waals surface area contributed by atoms with E-state index >= 15 is 0 Å². The van der Waals surface area contributed by atoms with Crippen molar-refractivity contribution in [2.24, 2.45) is 0 Å². The molecule has 1 heterocycles. The van der Waals surface area contributed by atoms with Gasteiger partial charge in [0.1, 0.15) is 6.10 Å². The lowest BCUT2D eigenvalue weighted by Gasteiger charge is -2.17. The topological polar surface area (TPSA) is 58.9 Å². The van der Waals surface area contributed by atoms with Gasteiger partial charge >= 0.3 is 0 Å². The summed E-state index contributed by atoms with van der Waals surface area (Å²) in [6.07, 6.45) is -2.05. The highest BCUT2D eigenvalue weighted by Crippen LogP contribution is 2.39. The van der Waals surface area contributed by atoms with Crippen molar-refractivity contribution in [3.8, 4) is 11.5 Å². The van der Waals surface area contributed by atoms with Crippen molar-refractivity contribution in [2.45, 2.75) is 12.2 Å². The molecule has 0 spiro atoms. The fourth-order valence-electron chi connectivity index (χ4n) is 1.47. The van der Waals surface area contributed by atoms with Crippen molar-refractivity contribution in [3.05, 3.63) is 22.7 Å². The van der Waals surface area contributed by atoms with Gasteiger partial charge < -0.3 is 19.7 Å². The Morgan fingerprint density at radius 3 is 2.56 bits per heavy atom. The molecule has 0 aromatic heterocycles. The fraction of sp³-hybridized carbons (Fsp3) is 0.400. The van der Waals surface area contributed by atoms with Crippen LogP contribution in [0.1, 0.15) is 11.7 Å². The first-order chi connectivity index (χ1) is 7.63. The normalized spacial score (nSPS) is 17.2. The van der Waals surface area contributed by atoms with Gasteiger partial charge in [0, 0.05) is 17.4 Å². The molecule has 2 atom stereocenters. The molecule has 1 aromatic carbocycles. The Hall–Kier alpha value is -0.620. The molecular weight excluding hydrogens is 252 g/mol. The van der Waals surface area contributed by atoms with E-state index in [9.17, 15) is 10.2 Å². The second kappa shape index (κ2) is 4.71. The van der Waals surface area contributed by atoms with E-state index in [0.717, 1.165) is 0 Å². The number of hydrogen-bond donors (Lipinski definition) is 3. The van der Waals surface area contributed by atoms with Crippen LogP contribution in [-0.4, -0.2) is 28.9 Å². The van der Waals surface area contributed by atoms with Crippen LogP contribution in [0.5, 0.6) is 11.5 Å². The van der Waals surface area contributed by atoms with Gasteiger partial charge in [-0.25, -0.2) is 0 Å². The minimum Gasteiger partial charge on any atom is -0.454 e. The molecule has 16 heavy (non-hydrogen) atoms. The predicted molar refractivity (Wildman–Crippen MR) is 62.4 cm³/mol. The summed E-state index contributed by atoms with van der Waals surface area (Å²) < 4.78 is 10.3. The van der Waals surface area contributed by atoms with Crippen molar-refractivity contribution >= 4 is 24.2 Å². The molecule has 0 fully saturated rings. The number of aliphatic hydroxyl groups is 2. The maximum absolute atomic E-state index is 9.82. The second-order valence-corrected chi connectivity index (χ2v) is 4.19. The summed E-state index contributed by atoms with van der Waals surface area (Å²) in [6, 6.07) is 3.13. The molecule has 88 valence electrons. The quantitative estimate of drug-likeness (QED) is 0.721. The zero-order chi connectivity index (χ0) is 11.7. The average molecular weight is 263 g/mol. The Kier molecular flexibility index (Phi) is 3.49. The number of hydrogen-bond acceptors (Lipinski definition) is 5. The summed E-state index contributed by atoms with van der Waals surface area (Å²) in [7, 11) is 0. The Morgan fingerprint density at radius 1 is 1.31 bits per heavy atom. The van der Waals surface area contributed by atoms with Gasteiger partial charge in [0.15, 0.2) is 11.5 Å². The van der Waals surface area contributed by atoms with Crippen LogP contribution in [0.2, 0.25) is 5.02 Å². The first-order valence-electron chi connectivity index (χ1n) is 4.69. The van der Waals surface area contributed by atoms with E-state index in [0.29, 0.717) is 22.1 Å². The molecule has 0 amide bonds. The Labute approximate surface area is 103 Å². The van der Waals surface area contributed by atoms with Crippen molar-refractivity contribution in [1.29, 1.82) is 0 Å². The summed E-state index contributed by atoms with van der Waals surface area (Å²) >= 11 is 9.88. The van der Waals surface area contributed by atoms with Crippen molar-refractivity contribution in [2.75, 3.05) is 12.5 Å². The third kappa shape index (κ3) is 2.08. The standard InChI is InChI=1S/C10H11ClO4S/c11-6-2-9-8(14-4-15-9)1-5(6)10(13)7(12)3-16/h1-2,7,10,12-13,16H,3-4H2. The molecule has 1 aliphatic rings. The van der Waals surface area contributed by atoms with E-state index in [1.54, 1.807) is 12.1 Å². The Bertz CT molecular complexity index is 399. The van der Waals surface area contributed by atoms with Crippen molar-refractivity contribution < 1.29 is 19.7 Å². The van der Waals surface area contributed by atoms with Crippen LogP contribution in [0.15, 0.2) is 12.1 Å². The molecule has 4 nitrogen and oxygen atoms in total. The van der Waals surface area contributed by atoms with E-state index in [2.05, 4.69) is 12.6 Å². The molecule has 0 saturated carbocycles. The molecule has 2 rings (SSSR count). The zero-order valence-electron chi connectivity index (χ0n) is 8.26. The number of rotatable bonds is 3. The van der Waals surface area contributed by atoms with E-state index < -0.39 is 12.2 Å². The van der Waals surface area contributed by atoms with Gasteiger partial charge in [0.2, 0.25) is 6.79 Å². The number of thiol groups is 1. The van der Waals surface area contributed by atoms with Gasteiger partial charge in [-0.3, -0.25) is 0 Å². The van der Waals surface area contributed by atoms with E-state index in [1.807, 2.05) is 0 Å². The first kappa shape index (κ1) is 11.9. The van der Waals surface area contributed by atoms with Crippen LogP contribution >= 0.6 is 24.2 Å². The van der Waals surface area contributed by atoms with E-state index in [1.165, 1.54) is 0 Å². The number of aliphatic hydroxyl groups excluding tert-OH is 2. The van der Waals surface area contributed by atoms with Crippen LogP contribution < -0.4 is 9.47 Å². The monoisotopic (exact) mass is 262 g/mol. The Morgan fingerprint density at radius 2 is 1.94 bits per heavy atom. The minimum atomic E-state index is -1.08. The molecule has 2 N–H and O–H groups in total. The van der Waals surface area contributed by atoms with Gasteiger partial charge in [0.05, 0.1) is 11.1 Å².